The molecule has 2 nitrogen and oxygen atoms in total. The number of alkyl halides is 3. The number of halogens is 3. The fraction of sp³-hybridized carbons (Fsp3) is 0.833. The van der Waals surface area contributed by atoms with Gasteiger partial charge in [0.05, 0.1) is 11.8 Å². The summed E-state index contributed by atoms with van der Waals surface area (Å²) < 4.78 is -1.36. The Morgan fingerprint density at radius 2 is 2.09 bits per heavy atom. The molecule has 0 saturated carbocycles. The Bertz CT molecular complexity index is 147. The largest absolute Gasteiger partial charge is 0.481 e. The molecule has 0 aliphatic heterocycles. The van der Waals surface area contributed by atoms with E-state index in [-0.39, 0.29) is 6.42 Å². The van der Waals surface area contributed by atoms with E-state index in [2.05, 4.69) is 0 Å². The third kappa shape index (κ3) is 4.04. The summed E-state index contributed by atoms with van der Waals surface area (Å²) in [6, 6.07) is 0. The molecule has 5 heteroatoms. The van der Waals surface area contributed by atoms with Crippen molar-refractivity contribution in [2.75, 3.05) is 0 Å². The van der Waals surface area contributed by atoms with Gasteiger partial charge in [0.25, 0.3) is 0 Å². The normalized spacial score (nSPS) is 14.5. The van der Waals surface area contributed by atoms with Gasteiger partial charge in [0.2, 0.25) is 0 Å². The van der Waals surface area contributed by atoms with E-state index in [1.807, 2.05) is 0 Å². The summed E-state index contributed by atoms with van der Waals surface area (Å²) in [5, 5.41) is 7.84. The van der Waals surface area contributed by atoms with Crippen LogP contribution in [0.1, 0.15) is 19.8 Å². The number of rotatable bonds is 4. The van der Waals surface area contributed by atoms with Gasteiger partial charge in [-0.2, -0.15) is 0 Å². The van der Waals surface area contributed by atoms with Crippen molar-refractivity contribution in [3.63, 3.8) is 0 Å². The van der Waals surface area contributed by atoms with Crippen molar-refractivity contribution >= 4 is 40.8 Å². The standard InChI is InChI=1S/C6H9Cl3O2/c1-2-4(7)6(8,9)3-5(10)11/h4H,2-3H2,1H3,(H,10,11). The van der Waals surface area contributed by atoms with Crippen LogP contribution in [-0.4, -0.2) is 20.8 Å². The second-order valence-electron chi connectivity index (χ2n) is 2.21. The summed E-state index contributed by atoms with van der Waals surface area (Å²) in [7, 11) is 0. The van der Waals surface area contributed by atoms with Crippen LogP contribution in [0.4, 0.5) is 0 Å². The van der Waals surface area contributed by atoms with Gasteiger partial charge < -0.3 is 5.11 Å². The van der Waals surface area contributed by atoms with Crippen LogP contribution in [-0.2, 0) is 4.79 Å². The minimum atomic E-state index is -1.36. The first-order chi connectivity index (χ1) is 4.90. The molecular weight excluding hydrogens is 210 g/mol. The molecule has 0 bridgehead atoms. The Labute approximate surface area is 80.4 Å². The first-order valence-electron chi connectivity index (χ1n) is 3.14. The maximum Gasteiger partial charge on any atom is 0.306 e. The summed E-state index contributed by atoms with van der Waals surface area (Å²) in [6.45, 7) is 1.79. The van der Waals surface area contributed by atoms with Crippen LogP contribution in [0, 0.1) is 0 Å². The molecule has 0 heterocycles. The summed E-state index contributed by atoms with van der Waals surface area (Å²) in [5.74, 6) is -1.05. The first-order valence-corrected chi connectivity index (χ1v) is 4.33. The molecule has 0 aromatic heterocycles. The number of hydrogen-bond acceptors (Lipinski definition) is 1. The first kappa shape index (κ1) is 11.3. The Morgan fingerprint density at radius 1 is 1.64 bits per heavy atom. The second-order valence-corrected chi connectivity index (χ2v) is 4.28. The summed E-state index contributed by atoms with van der Waals surface area (Å²) in [5.41, 5.74) is 0. The molecule has 0 aromatic carbocycles. The lowest BCUT2D eigenvalue weighted by atomic mass is 10.2. The average Bonchev–Trinajstić information content (AvgIpc) is 1.83. The predicted octanol–water partition coefficient (Wildman–Crippen LogP) is 2.65. The van der Waals surface area contributed by atoms with Crippen LogP contribution in [0.15, 0.2) is 0 Å². The number of carbonyl (C=O) groups is 1. The van der Waals surface area contributed by atoms with Crippen molar-refractivity contribution in [3.8, 4) is 0 Å². The molecule has 0 amide bonds. The van der Waals surface area contributed by atoms with Gasteiger partial charge in [-0.25, -0.2) is 0 Å². The zero-order valence-electron chi connectivity index (χ0n) is 5.98. The minimum Gasteiger partial charge on any atom is -0.481 e. The van der Waals surface area contributed by atoms with Gasteiger partial charge in [-0.05, 0) is 6.42 Å². The van der Waals surface area contributed by atoms with Gasteiger partial charge >= 0.3 is 5.97 Å². The van der Waals surface area contributed by atoms with Crippen molar-refractivity contribution in [2.45, 2.75) is 29.5 Å². The summed E-state index contributed by atoms with van der Waals surface area (Å²) in [4.78, 5) is 10.2. The van der Waals surface area contributed by atoms with Gasteiger partial charge in [0.15, 0.2) is 0 Å². The van der Waals surface area contributed by atoms with Crippen molar-refractivity contribution in [3.05, 3.63) is 0 Å². The number of carboxylic acid groups (broad SMARTS) is 1. The molecule has 0 saturated heterocycles. The monoisotopic (exact) mass is 218 g/mol. The third-order valence-corrected chi connectivity index (χ3v) is 2.90. The zero-order valence-corrected chi connectivity index (χ0v) is 8.25. The fourth-order valence-corrected chi connectivity index (χ4v) is 1.23. The molecule has 0 aliphatic carbocycles. The average molecular weight is 219 g/mol. The van der Waals surface area contributed by atoms with E-state index in [1.54, 1.807) is 6.92 Å². The lowest BCUT2D eigenvalue weighted by Gasteiger charge is -2.21. The quantitative estimate of drug-likeness (QED) is 0.738. The maximum atomic E-state index is 10.2. The molecule has 1 N–H and O–H groups in total. The molecule has 0 fully saturated rings. The highest BCUT2D eigenvalue weighted by Crippen LogP contribution is 2.34. The van der Waals surface area contributed by atoms with Gasteiger partial charge in [-0.15, -0.1) is 11.6 Å². The predicted molar refractivity (Wildman–Crippen MR) is 46.6 cm³/mol. The Morgan fingerprint density at radius 3 is 2.36 bits per heavy atom. The molecule has 0 radical (unpaired) electrons. The molecule has 1 atom stereocenters. The molecular formula is C6H9Cl3O2. The topological polar surface area (TPSA) is 37.3 Å². The highest BCUT2D eigenvalue weighted by atomic mass is 35.5. The summed E-state index contributed by atoms with van der Waals surface area (Å²) >= 11 is 16.9. The van der Waals surface area contributed by atoms with E-state index in [0.717, 1.165) is 0 Å². The Kier molecular flexibility index (Phi) is 4.52. The highest BCUT2D eigenvalue weighted by molar-refractivity contribution is 6.53. The van der Waals surface area contributed by atoms with Crippen LogP contribution in [0.3, 0.4) is 0 Å². The van der Waals surface area contributed by atoms with E-state index >= 15 is 0 Å². The van der Waals surface area contributed by atoms with E-state index in [0.29, 0.717) is 6.42 Å². The van der Waals surface area contributed by atoms with Crippen molar-refractivity contribution in [1.82, 2.24) is 0 Å². The lowest BCUT2D eigenvalue weighted by Crippen LogP contribution is -2.28. The smallest absolute Gasteiger partial charge is 0.306 e. The lowest BCUT2D eigenvalue weighted by molar-refractivity contribution is -0.137. The molecule has 0 rings (SSSR count). The molecule has 0 aliphatic rings. The van der Waals surface area contributed by atoms with E-state index in [1.165, 1.54) is 0 Å². The van der Waals surface area contributed by atoms with Gasteiger partial charge in [-0.1, -0.05) is 30.1 Å². The van der Waals surface area contributed by atoms with Crippen molar-refractivity contribution in [2.24, 2.45) is 0 Å². The van der Waals surface area contributed by atoms with E-state index in [4.69, 9.17) is 39.9 Å². The third-order valence-electron chi connectivity index (χ3n) is 1.20. The molecule has 0 aromatic rings. The molecule has 11 heavy (non-hydrogen) atoms. The van der Waals surface area contributed by atoms with Crippen LogP contribution >= 0.6 is 34.8 Å². The molecule has 1 unspecified atom stereocenters. The van der Waals surface area contributed by atoms with E-state index < -0.39 is 15.7 Å². The molecule has 66 valence electrons. The Balaban J connectivity index is 4.08. The van der Waals surface area contributed by atoms with Crippen molar-refractivity contribution in [1.29, 1.82) is 0 Å². The fourth-order valence-electron chi connectivity index (χ4n) is 0.611. The highest BCUT2D eigenvalue weighted by Gasteiger charge is 2.34. The maximum absolute atomic E-state index is 10.2. The zero-order chi connectivity index (χ0) is 9.07. The van der Waals surface area contributed by atoms with Crippen LogP contribution < -0.4 is 0 Å². The summed E-state index contributed by atoms with van der Waals surface area (Å²) in [6.07, 6.45) is 0.208. The molecule has 0 spiro atoms. The second kappa shape index (κ2) is 4.39. The van der Waals surface area contributed by atoms with Crippen LogP contribution in [0.2, 0.25) is 0 Å². The van der Waals surface area contributed by atoms with Gasteiger partial charge in [-0.3, -0.25) is 4.79 Å². The SMILES string of the molecule is CCC(Cl)C(Cl)(Cl)CC(=O)O. The van der Waals surface area contributed by atoms with Crippen LogP contribution in [0.25, 0.3) is 0 Å². The van der Waals surface area contributed by atoms with Gasteiger partial charge in [0.1, 0.15) is 4.33 Å². The minimum absolute atomic E-state index is 0.335. The Hall–Kier alpha value is 0.340. The number of aliphatic carboxylic acids is 1. The van der Waals surface area contributed by atoms with Crippen molar-refractivity contribution < 1.29 is 9.90 Å². The number of carboxylic acids is 1. The number of hydrogen-bond donors (Lipinski definition) is 1. The van der Waals surface area contributed by atoms with E-state index in [9.17, 15) is 4.79 Å². The van der Waals surface area contributed by atoms with Crippen LogP contribution in [0.5, 0.6) is 0 Å². The van der Waals surface area contributed by atoms with Gasteiger partial charge in [0, 0.05) is 0 Å².